The van der Waals surface area contributed by atoms with E-state index in [9.17, 15) is 22.8 Å². The molecule has 1 rings (SSSR count). The van der Waals surface area contributed by atoms with Crippen molar-refractivity contribution in [2.45, 2.75) is 26.0 Å². The highest BCUT2D eigenvalue weighted by atomic mass is 32.2. The molecule has 0 bridgehead atoms. The molecule has 0 radical (unpaired) electrons. The SMILES string of the molecule is C[C@H](NS(=O)(=O)/C=C/c1ccccc1)C(=O)O[C@@H](C)C(=O)NC(N)=O. The van der Waals surface area contributed by atoms with Crippen LogP contribution in [0.25, 0.3) is 6.08 Å². The highest BCUT2D eigenvalue weighted by molar-refractivity contribution is 7.92. The van der Waals surface area contributed by atoms with Gasteiger partial charge in [0.05, 0.1) is 0 Å². The predicted octanol–water partition coefficient (Wildman–Crippen LogP) is 0.0918. The van der Waals surface area contributed by atoms with Gasteiger partial charge >= 0.3 is 12.0 Å². The number of amides is 3. The first kappa shape index (κ1) is 20.3. The minimum atomic E-state index is -3.91. The lowest BCUT2D eigenvalue weighted by molar-refractivity contribution is -0.155. The van der Waals surface area contributed by atoms with Gasteiger partial charge in [-0.15, -0.1) is 0 Å². The van der Waals surface area contributed by atoms with Gasteiger partial charge < -0.3 is 10.5 Å². The lowest BCUT2D eigenvalue weighted by atomic mass is 10.2. The summed E-state index contributed by atoms with van der Waals surface area (Å²) in [5, 5.41) is 2.66. The highest BCUT2D eigenvalue weighted by Gasteiger charge is 2.25. The van der Waals surface area contributed by atoms with Crippen molar-refractivity contribution in [2.75, 3.05) is 0 Å². The van der Waals surface area contributed by atoms with Gasteiger partial charge in [-0.3, -0.25) is 14.9 Å². The molecule has 0 aliphatic rings. The second kappa shape index (κ2) is 8.94. The van der Waals surface area contributed by atoms with Crippen LogP contribution in [0.5, 0.6) is 0 Å². The number of sulfonamides is 1. The molecule has 3 amide bonds. The maximum Gasteiger partial charge on any atom is 0.324 e. The van der Waals surface area contributed by atoms with Crippen molar-refractivity contribution >= 4 is 34.0 Å². The van der Waals surface area contributed by atoms with Crippen LogP contribution in [0.15, 0.2) is 35.7 Å². The molecule has 0 saturated heterocycles. The first-order chi connectivity index (χ1) is 11.6. The number of benzene rings is 1. The normalized spacial score (nSPS) is 13.8. The average Bonchev–Trinajstić information content (AvgIpc) is 2.52. The van der Waals surface area contributed by atoms with E-state index in [4.69, 9.17) is 10.5 Å². The average molecular weight is 369 g/mol. The molecule has 2 atom stereocenters. The zero-order chi connectivity index (χ0) is 19.0. The number of hydrogen-bond donors (Lipinski definition) is 3. The van der Waals surface area contributed by atoms with E-state index in [-0.39, 0.29) is 0 Å². The topological polar surface area (TPSA) is 145 Å². The van der Waals surface area contributed by atoms with E-state index in [2.05, 4.69) is 4.72 Å². The Morgan fingerprint density at radius 2 is 1.76 bits per heavy atom. The zero-order valence-corrected chi connectivity index (χ0v) is 14.4. The van der Waals surface area contributed by atoms with Crippen molar-refractivity contribution in [3.05, 3.63) is 41.3 Å². The molecule has 0 heterocycles. The third-order valence-electron chi connectivity index (χ3n) is 2.84. The van der Waals surface area contributed by atoms with Crippen molar-refractivity contribution in [2.24, 2.45) is 5.73 Å². The maximum absolute atomic E-state index is 11.9. The quantitative estimate of drug-likeness (QED) is 0.581. The van der Waals surface area contributed by atoms with Gasteiger partial charge in [-0.1, -0.05) is 30.3 Å². The molecule has 0 saturated carbocycles. The summed E-state index contributed by atoms with van der Waals surface area (Å²) < 4.78 is 30.7. The van der Waals surface area contributed by atoms with Gasteiger partial charge in [0, 0.05) is 5.41 Å². The number of carbonyl (C=O) groups is 3. The summed E-state index contributed by atoms with van der Waals surface area (Å²) in [7, 11) is -3.91. The Hall–Kier alpha value is -2.72. The molecule has 10 heteroatoms. The van der Waals surface area contributed by atoms with E-state index < -0.39 is 40.1 Å². The molecular weight excluding hydrogens is 350 g/mol. The smallest absolute Gasteiger partial charge is 0.324 e. The Morgan fingerprint density at radius 3 is 2.32 bits per heavy atom. The van der Waals surface area contributed by atoms with Gasteiger partial charge in [-0.05, 0) is 25.5 Å². The molecule has 25 heavy (non-hydrogen) atoms. The van der Waals surface area contributed by atoms with Gasteiger partial charge in [0.15, 0.2) is 6.10 Å². The molecule has 0 aliphatic heterocycles. The van der Waals surface area contributed by atoms with E-state index in [1.54, 1.807) is 35.6 Å². The van der Waals surface area contributed by atoms with Crippen molar-refractivity contribution in [1.29, 1.82) is 0 Å². The fourth-order valence-electron chi connectivity index (χ4n) is 1.62. The lowest BCUT2D eigenvalue weighted by Gasteiger charge is -2.16. The Labute approximate surface area is 145 Å². The summed E-state index contributed by atoms with van der Waals surface area (Å²) in [6.07, 6.45) is 0.0513. The first-order valence-corrected chi connectivity index (χ1v) is 8.71. The van der Waals surface area contributed by atoms with E-state index in [0.717, 1.165) is 5.41 Å². The summed E-state index contributed by atoms with van der Waals surface area (Å²) in [5.74, 6) is -1.90. The Morgan fingerprint density at radius 1 is 1.16 bits per heavy atom. The van der Waals surface area contributed by atoms with Crippen molar-refractivity contribution in [3.63, 3.8) is 0 Å². The number of nitrogens with one attached hydrogen (secondary N) is 2. The van der Waals surface area contributed by atoms with Crippen molar-refractivity contribution < 1.29 is 27.5 Å². The van der Waals surface area contributed by atoms with Crippen LogP contribution in [0.1, 0.15) is 19.4 Å². The molecule has 4 N–H and O–H groups in total. The molecular formula is C15H19N3O6S. The predicted molar refractivity (Wildman–Crippen MR) is 90.3 cm³/mol. The van der Waals surface area contributed by atoms with Crippen LogP contribution < -0.4 is 15.8 Å². The molecule has 9 nitrogen and oxygen atoms in total. The van der Waals surface area contributed by atoms with E-state index in [0.29, 0.717) is 5.56 Å². The molecule has 0 aromatic heterocycles. The molecule has 0 spiro atoms. The van der Waals surface area contributed by atoms with Crippen LogP contribution in [0.4, 0.5) is 4.79 Å². The molecule has 0 fully saturated rings. The second-order valence-corrected chi connectivity index (χ2v) is 6.63. The fourth-order valence-corrected chi connectivity index (χ4v) is 2.62. The van der Waals surface area contributed by atoms with Gasteiger partial charge in [-0.2, -0.15) is 4.72 Å². The Bertz CT molecular complexity index is 761. The largest absolute Gasteiger partial charge is 0.451 e. The number of imide groups is 1. The minimum absolute atomic E-state index is 0.667. The van der Waals surface area contributed by atoms with Crippen LogP contribution in [-0.2, 0) is 24.3 Å². The number of rotatable bonds is 7. The van der Waals surface area contributed by atoms with Crippen LogP contribution in [0.3, 0.4) is 0 Å². The molecule has 136 valence electrons. The third-order valence-corrected chi connectivity index (χ3v) is 4.02. The number of ether oxygens (including phenoxy) is 1. The summed E-state index contributed by atoms with van der Waals surface area (Å²) in [6, 6.07) is 6.38. The monoisotopic (exact) mass is 369 g/mol. The third kappa shape index (κ3) is 7.59. The zero-order valence-electron chi connectivity index (χ0n) is 13.6. The van der Waals surface area contributed by atoms with Crippen LogP contribution in [0, 0.1) is 0 Å². The van der Waals surface area contributed by atoms with Crippen LogP contribution >= 0.6 is 0 Å². The Balaban J connectivity index is 2.62. The number of esters is 1. The van der Waals surface area contributed by atoms with Crippen molar-refractivity contribution in [3.8, 4) is 0 Å². The van der Waals surface area contributed by atoms with Gasteiger partial charge in [0.2, 0.25) is 10.0 Å². The van der Waals surface area contributed by atoms with Crippen LogP contribution in [0.2, 0.25) is 0 Å². The number of urea groups is 1. The number of primary amides is 1. The first-order valence-electron chi connectivity index (χ1n) is 7.17. The van der Waals surface area contributed by atoms with Crippen molar-refractivity contribution in [1.82, 2.24) is 10.0 Å². The number of nitrogens with two attached hydrogens (primary N) is 1. The Kier molecular flexibility index (Phi) is 7.27. The lowest BCUT2D eigenvalue weighted by Crippen LogP contribution is -2.45. The van der Waals surface area contributed by atoms with E-state index in [1.807, 2.05) is 0 Å². The standard InChI is InChI=1S/C15H19N3O6S/c1-10(14(20)24-11(2)13(19)17-15(16)21)18-25(22,23)9-8-12-6-4-3-5-7-12/h3-11,18H,1-2H3,(H3,16,17,19,21)/b9-8+/t10-,11-/m0/s1. The number of carbonyl (C=O) groups excluding carboxylic acids is 3. The van der Waals surface area contributed by atoms with E-state index in [1.165, 1.54) is 19.9 Å². The summed E-state index contributed by atoms with van der Waals surface area (Å²) >= 11 is 0. The van der Waals surface area contributed by atoms with Gasteiger partial charge in [0.1, 0.15) is 6.04 Å². The van der Waals surface area contributed by atoms with Gasteiger partial charge in [-0.25, -0.2) is 13.2 Å². The highest BCUT2D eigenvalue weighted by Crippen LogP contribution is 2.04. The summed E-state index contributed by atoms with van der Waals surface area (Å²) in [6.45, 7) is 2.47. The number of hydrogen-bond acceptors (Lipinski definition) is 6. The molecule has 1 aromatic rings. The maximum atomic E-state index is 11.9. The molecule has 1 aromatic carbocycles. The van der Waals surface area contributed by atoms with Gasteiger partial charge in [0.25, 0.3) is 5.91 Å². The fraction of sp³-hybridized carbons (Fsp3) is 0.267. The molecule has 0 aliphatic carbocycles. The van der Waals surface area contributed by atoms with Crippen LogP contribution in [-0.4, -0.2) is 38.5 Å². The summed E-state index contributed by atoms with van der Waals surface area (Å²) in [4.78, 5) is 33.8. The summed E-state index contributed by atoms with van der Waals surface area (Å²) in [5.41, 5.74) is 5.44. The van der Waals surface area contributed by atoms with E-state index >= 15 is 0 Å². The second-order valence-electron chi connectivity index (χ2n) is 5.03. The minimum Gasteiger partial charge on any atom is -0.451 e. The molecule has 0 unspecified atom stereocenters.